The zero-order chi connectivity index (χ0) is 27.6. The van der Waals surface area contributed by atoms with E-state index in [9.17, 15) is 4.79 Å². The quantitative estimate of drug-likeness (QED) is 0.325. The fraction of sp³-hybridized carbons (Fsp3) is 0.500. The van der Waals surface area contributed by atoms with Gasteiger partial charge in [0.1, 0.15) is 0 Å². The average Bonchev–Trinajstić information content (AvgIpc) is 2.94. The smallest absolute Gasteiger partial charge is 0.254 e. The van der Waals surface area contributed by atoms with Crippen LogP contribution in [0.25, 0.3) is 6.08 Å². The van der Waals surface area contributed by atoms with Crippen LogP contribution >= 0.6 is 0 Å². The van der Waals surface area contributed by atoms with Crippen LogP contribution in [0.1, 0.15) is 50.0 Å². The number of benzene rings is 2. The second kappa shape index (κ2) is 18.3. The van der Waals surface area contributed by atoms with Crippen molar-refractivity contribution in [2.45, 2.75) is 34.1 Å². The van der Waals surface area contributed by atoms with E-state index in [1.807, 2.05) is 30.0 Å². The highest BCUT2D eigenvalue weighted by Gasteiger charge is 2.21. The first kappa shape index (κ1) is 32.0. The van der Waals surface area contributed by atoms with Gasteiger partial charge in [-0.1, -0.05) is 55.8 Å². The number of ether oxygens (including phenoxy) is 4. The molecule has 7 heteroatoms. The minimum atomic E-state index is -0.0605. The molecule has 0 unspecified atom stereocenters. The predicted molar refractivity (Wildman–Crippen MR) is 152 cm³/mol. The fourth-order valence-corrected chi connectivity index (χ4v) is 3.85. The van der Waals surface area contributed by atoms with E-state index in [4.69, 9.17) is 14.2 Å². The van der Waals surface area contributed by atoms with Gasteiger partial charge in [-0.2, -0.15) is 0 Å². The van der Waals surface area contributed by atoms with Gasteiger partial charge in [0.05, 0.1) is 21.3 Å². The summed E-state index contributed by atoms with van der Waals surface area (Å²) >= 11 is 0. The Labute approximate surface area is 224 Å². The minimum Gasteiger partial charge on any atom is -0.493 e. The molecule has 0 atom stereocenters. The van der Waals surface area contributed by atoms with Crippen molar-refractivity contribution in [2.24, 2.45) is 0 Å². The molecule has 0 aliphatic heterocycles. The molecule has 0 aliphatic rings. The summed E-state index contributed by atoms with van der Waals surface area (Å²) in [6, 6.07) is 13.6. The van der Waals surface area contributed by atoms with Gasteiger partial charge in [-0.3, -0.25) is 4.79 Å². The zero-order valence-electron chi connectivity index (χ0n) is 24.0. The van der Waals surface area contributed by atoms with E-state index in [0.717, 1.165) is 43.8 Å². The molecular formula is C30H46N2O5. The third kappa shape index (κ3) is 10.9. The molecule has 206 valence electrons. The molecule has 0 bridgehead atoms. The first-order chi connectivity index (χ1) is 17.9. The van der Waals surface area contributed by atoms with Crippen LogP contribution < -0.4 is 14.2 Å². The molecule has 0 saturated heterocycles. The lowest BCUT2D eigenvalue weighted by Gasteiger charge is -2.26. The maximum Gasteiger partial charge on any atom is 0.254 e. The van der Waals surface area contributed by atoms with Gasteiger partial charge >= 0.3 is 0 Å². The Morgan fingerprint density at radius 1 is 0.865 bits per heavy atom. The zero-order valence-corrected chi connectivity index (χ0v) is 24.0. The van der Waals surface area contributed by atoms with E-state index in [1.54, 1.807) is 40.6 Å². The van der Waals surface area contributed by atoms with Crippen molar-refractivity contribution in [3.8, 4) is 17.2 Å². The van der Waals surface area contributed by atoms with Gasteiger partial charge in [0, 0.05) is 32.4 Å². The Hall–Kier alpha value is -3.03. The average molecular weight is 515 g/mol. The van der Waals surface area contributed by atoms with Crippen LogP contribution in [0.4, 0.5) is 0 Å². The topological polar surface area (TPSA) is 60.5 Å². The molecule has 0 spiro atoms. The Morgan fingerprint density at radius 2 is 1.43 bits per heavy atom. The van der Waals surface area contributed by atoms with Crippen LogP contribution in [-0.2, 0) is 4.74 Å². The summed E-state index contributed by atoms with van der Waals surface area (Å²) < 4.78 is 20.9. The Balaban J connectivity index is 0.00000159. The summed E-state index contributed by atoms with van der Waals surface area (Å²) in [5.41, 5.74) is 2.75. The van der Waals surface area contributed by atoms with Crippen LogP contribution in [0, 0.1) is 0 Å². The lowest BCUT2D eigenvalue weighted by Crippen LogP contribution is -2.35. The molecule has 1 amide bonds. The van der Waals surface area contributed by atoms with Gasteiger partial charge in [0.2, 0.25) is 5.75 Å². The lowest BCUT2D eigenvalue weighted by atomic mass is 10.1. The van der Waals surface area contributed by atoms with E-state index in [2.05, 4.69) is 48.6 Å². The van der Waals surface area contributed by atoms with Crippen molar-refractivity contribution in [2.75, 3.05) is 67.8 Å². The van der Waals surface area contributed by atoms with E-state index < -0.39 is 0 Å². The maximum absolute atomic E-state index is 13.6. The van der Waals surface area contributed by atoms with Crippen molar-refractivity contribution < 1.29 is 23.7 Å². The minimum absolute atomic E-state index is 0.0605. The summed E-state index contributed by atoms with van der Waals surface area (Å²) in [7, 11) is 6.35. The number of methoxy groups -OCH3 is 4. The van der Waals surface area contributed by atoms with Crippen molar-refractivity contribution in [3.05, 3.63) is 59.2 Å². The van der Waals surface area contributed by atoms with Crippen LogP contribution in [0.2, 0.25) is 0 Å². The number of carbonyl (C=O) groups is 1. The fourth-order valence-electron chi connectivity index (χ4n) is 3.85. The molecule has 0 saturated carbocycles. The number of rotatable bonds is 14. The summed E-state index contributed by atoms with van der Waals surface area (Å²) in [6.45, 7) is 13.3. The molecule has 2 rings (SSSR count). The molecule has 0 N–H and O–H groups in total. The Kier molecular flexibility index (Phi) is 15.8. The predicted octanol–water partition coefficient (Wildman–Crippen LogP) is 5.64. The lowest BCUT2D eigenvalue weighted by molar-refractivity contribution is 0.0762. The number of amides is 1. The van der Waals surface area contributed by atoms with Crippen molar-refractivity contribution in [1.29, 1.82) is 0 Å². The number of carbonyl (C=O) groups excluding carboxylic acids is 1. The molecule has 2 aromatic carbocycles. The van der Waals surface area contributed by atoms with Gasteiger partial charge in [-0.25, -0.2) is 0 Å². The molecule has 37 heavy (non-hydrogen) atoms. The van der Waals surface area contributed by atoms with Crippen LogP contribution in [0.15, 0.2) is 48.0 Å². The Morgan fingerprint density at radius 3 is 1.89 bits per heavy atom. The first-order valence-electron chi connectivity index (χ1n) is 12.9. The largest absolute Gasteiger partial charge is 0.493 e. The standard InChI is InChI=1S/C27H38N2O4.C3H8O/c1-7-28(8-2)15-12-16-29(20-21(3)17-22-13-10-9-11-14-22)27(30)23-18-24(31-4)26(33-6)25(19-23)32-5;1-3-4-2/h9-11,13-14,17-19H,7-8,12,15-16,20H2,1-6H3;3H2,1-2H3/b21-17+;. The number of hydrogen-bond donors (Lipinski definition) is 0. The van der Waals surface area contributed by atoms with E-state index >= 15 is 0 Å². The Bertz CT molecular complexity index is 915. The second-order valence-corrected chi connectivity index (χ2v) is 8.50. The summed E-state index contributed by atoms with van der Waals surface area (Å²) in [6.07, 6.45) is 3.02. The van der Waals surface area contributed by atoms with Crippen molar-refractivity contribution >= 4 is 12.0 Å². The maximum atomic E-state index is 13.6. The number of hydrogen-bond acceptors (Lipinski definition) is 6. The molecule has 2 aromatic rings. The first-order valence-corrected chi connectivity index (χ1v) is 12.9. The summed E-state index contributed by atoms with van der Waals surface area (Å²) in [5, 5.41) is 0. The van der Waals surface area contributed by atoms with Crippen LogP contribution in [-0.4, -0.2) is 83.5 Å². The van der Waals surface area contributed by atoms with Crippen LogP contribution in [0.3, 0.4) is 0 Å². The molecule has 0 heterocycles. The SMILES string of the molecule is CCN(CC)CCCN(C/C(C)=C/c1ccccc1)C(=O)c1cc(OC)c(OC)c(OC)c1.CCOC. The molecule has 0 aliphatic carbocycles. The number of nitrogens with zero attached hydrogens (tertiary/aromatic N) is 2. The third-order valence-electron chi connectivity index (χ3n) is 5.94. The highest BCUT2D eigenvalue weighted by molar-refractivity contribution is 5.96. The van der Waals surface area contributed by atoms with Crippen LogP contribution in [0.5, 0.6) is 17.2 Å². The molecule has 0 fully saturated rings. The van der Waals surface area contributed by atoms with Crippen molar-refractivity contribution in [3.63, 3.8) is 0 Å². The molecule has 0 aromatic heterocycles. The van der Waals surface area contributed by atoms with Gasteiger partial charge in [0.15, 0.2) is 11.5 Å². The highest BCUT2D eigenvalue weighted by atomic mass is 16.5. The van der Waals surface area contributed by atoms with E-state index in [-0.39, 0.29) is 5.91 Å². The monoisotopic (exact) mass is 514 g/mol. The highest BCUT2D eigenvalue weighted by Crippen LogP contribution is 2.38. The normalized spacial score (nSPS) is 11.0. The van der Waals surface area contributed by atoms with Gasteiger partial charge in [-0.05, 0) is 57.6 Å². The summed E-state index contributed by atoms with van der Waals surface area (Å²) in [5.74, 6) is 1.36. The molecular weight excluding hydrogens is 468 g/mol. The van der Waals surface area contributed by atoms with Crippen molar-refractivity contribution in [1.82, 2.24) is 9.80 Å². The second-order valence-electron chi connectivity index (χ2n) is 8.50. The van der Waals surface area contributed by atoms with Gasteiger partial charge in [-0.15, -0.1) is 0 Å². The van der Waals surface area contributed by atoms with E-state index in [1.165, 1.54) is 0 Å². The molecule has 7 nitrogen and oxygen atoms in total. The van der Waals surface area contributed by atoms with Gasteiger partial charge in [0.25, 0.3) is 5.91 Å². The van der Waals surface area contributed by atoms with Gasteiger partial charge < -0.3 is 28.7 Å². The van der Waals surface area contributed by atoms with E-state index in [0.29, 0.717) is 35.9 Å². The third-order valence-corrected chi connectivity index (χ3v) is 5.94. The summed E-state index contributed by atoms with van der Waals surface area (Å²) in [4.78, 5) is 17.9. The molecule has 0 radical (unpaired) electrons.